The van der Waals surface area contributed by atoms with Crippen molar-refractivity contribution in [2.45, 2.75) is 24.9 Å². The summed E-state index contributed by atoms with van der Waals surface area (Å²) in [5.74, 6) is 0.814. The van der Waals surface area contributed by atoms with Crippen LogP contribution in [0.5, 0.6) is 5.75 Å². The Bertz CT molecular complexity index is 983. The highest BCUT2D eigenvalue weighted by Gasteiger charge is 2.22. The van der Waals surface area contributed by atoms with Crippen LogP contribution in [0, 0.1) is 0 Å². The smallest absolute Gasteiger partial charge is 0.234 e. The molecule has 4 rings (SSSR count). The highest BCUT2D eigenvalue weighted by molar-refractivity contribution is 5.84. The molecule has 0 unspecified atom stereocenters. The van der Waals surface area contributed by atoms with Crippen molar-refractivity contribution in [3.63, 3.8) is 0 Å². The van der Waals surface area contributed by atoms with E-state index in [4.69, 9.17) is 4.74 Å². The maximum Gasteiger partial charge on any atom is 0.234 e. The summed E-state index contributed by atoms with van der Waals surface area (Å²) in [4.78, 5) is 18.0. The maximum atomic E-state index is 12.6. The summed E-state index contributed by atoms with van der Waals surface area (Å²) in [6, 6.07) is 16.2. The molecule has 0 saturated carbocycles. The molecule has 0 spiro atoms. The number of rotatable bonds is 7. The van der Waals surface area contributed by atoms with Crippen LogP contribution >= 0.6 is 0 Å². The van der Waals surface area contributed by atoms with Crippen molar-refractivity contribution < 1.29 is 14.6 Å². The number of ether oxygens (including phenoxy) is 1. The molecule has 1 saturated heterocycles. The number of aliphatic hydroxyl groups is 1. The number of piperidine rings is 1. The Morgan fingerprint density at radius 1 is 1.27 bits per heavy atom. The number of hydrogen-bond acceptors (Lipinski definition) is 4. The SMILES string of the molecule is COc1ccc([C@@H](CNC(=O)CN2CCC[C@H](O)C2)c2c[nH]c3ccccc23)cc1. The second-order valence-electron chi connectivity index (χ2n) is 7.95. The Morgan fingerprint density at radius 2 is 2.07 bits per heavy atom. The lowest BCUT2D eigenvalue weighted by molar-refractivity contribution is -0.122. The van der Waals surface area contributed by atoms with Gasteiger partial charge in [0.25, 0.3) is 0 Å². The normalized spacial score (nSPS) is 18.3. The van der Waals surface area contributed by atoms with E-state index < -0.39 is 0 Å². The van der Waals surface area contributed by atoms with Crippen LogP contribution in [-0.4, -0.2) is 60.3 Å². The highest BCUT2D eigenvalue weighted by Crippen LogP contribution is 2.31. The first kappa shape index (κ1) is 20.4. The number of aliphatic hydroxyl groups excluding tert-OH is 1. The zero-order chi connectivity index (χ0) is 20.9. The van der Waals surface area contributed by atoms with Crippen molar-refractivity contribution in [1.82, 2.24) is 15.2 Å². The molecule has 2 heterocycles. The summed E-state index contributed by atoms with van der Waals surface area (Å²) in [6.45, 7) is 2.25. The summed E-state index contributed by atoms with van der Waals surface area (Å²) in [7, 11) is 1.66. The number of methoxy groups -OCH3 is 1. The number of likely N-dealkylation sites (tertiary alicyclic amines) is 1. The van der Waals surface area contributed by atoms with Crippen LogP contribution in [0.3, 0.4) is 0 Å². The minimum Gasteiger partial charge on any atom is -0.497 e. The van der Waals surface area contributed by atoms with Crippen LogP contribution in [-0.2, 0) is 4.79 Å². The fraction of sp³-hybridized carbons (Fsp3) is 0.375. The van der Waals surface area contributed by atoms with Gasteiger partial charge in [-0.25, -0.2) is 0 Å². The van der Waals surface area contributed by atoms with Crippen LogP contribution < -0.4 is 10.1 Å². The number of aromatic amines is 1. The number of aromatic nitrogens is 1. The average Bonchev–Trinajstić information content (AvgIpc) is 3.18. The summed E-state index contributed by atoms with van der Waals surface area (Å²) >= 11 is 0. The Balaban J connectivity index is 1.52. The average molecular weight is 408 g/mol. The van der Waals surface area contributed by atoms with E-state index in [1.165, 1.54) is 0 Å². The number of amides is 1. The maximum absolute atomic E-state index is 12.6. The fourth-order valence-electron chi connectivity index (χ4n) is 4.28. The molecule has 3 aromatic rings. The Hall–Kier alpha value is -2.83. The molecule has 2 atom stereocenters. The lowest BCUT2D eigenvalue weighted by atomic mass is 9.90. The van der Waals surface area contributed by atoms with Crippen molar-refractivity contribution in [3.05, 3.63) is 65.9 Å². The van der Waals surface area contributed by atoms with Gasteiger partial charge >= 0.3 is 0 Å². The molecule has 0 aliphatic carbocycles. The van der Waals surface area contributed by atoms with Gasteiger partial charge in [-0.1, -0.05) is 30.3 Å². The van der Waals surface area contributed by atoms with Crippen molar-refractivity contribution in [3.8, 4) is 5.75 Å². The van der Waals surface area contributed by atoms with Gasteiger partial charge in [-0.15, -0.1) is 0 Å². The van der Waals surface area contributed by atoms with Gasteiger partial charge in [0.05, 0.1) is 19.8 Å². The number of H-pyrrole nitrogens is 1. The van der Waals surface area contributed by atoms with Gasteiger partial charge in [0.1, 0.15) is 5.75 Å². The number of nitrogens with zero attached hydrogens (tertiary/aromatic N) is 1. The van der Waals surface area contributed by atoms with Gasteiger partial charge in [-0.05, 0) is 48.7 Å². The van der Waals surface area contributed by atoms with Gasteiger partial charge in [-0.2, -0.15) is 0 Å². The van der Waals surface area contributed by atoms with E-state index in [0.717, 1.165) is 47.2 Å². The van der Waals surface area contributed by atoms with E-state index in [9.17, 15) is 9.90 Å². The molecule has 6 nitrogen and oxygen atoms in total. The van der Waals surface area contributed by atoms with Crippen molar-refractivity contribution in [2.75, 3.05) is 33.3 Å². The molecule has 1 amide bonds. The van der Waals surface area contributed by atoms with Gasteiger partial charge in [0, 0.05) is 36.1 Å². The topological polar surface area (TPSA) is 77.6 Å². The second-order valence-corrected chi connectivity index (χ2v) is 7.95. The quantitative estimate of drug-likeness (QED) is 0.563. The van der Waals surface area contributed by atoms with Crippen molar-refractivity contribution in [2.24, 2.45) is 0 Å². The molecule has 2 aromatic carbocycles. The van der Waals surface area contributed by atoms with E-state index >= 15 is 0 Å². The number of fused-ring (bicyclic) bond motifs is 1. The minimum atomic E-state index is -0.329. The predicted molar refractivity (Wildman–Crippen MR) is 118 cm³/mol. The number of hydrogen-bond donors (Lipinski definition) is 3. The van der Waals surface area contributed by atoms with Crippen LogP contribution in [0.15, 0.2) is 54.7 Å². The molecule has 1 fully saturated rings. The largest absolute Gasteiger partial charge is 0.497 e. The van der Waals surface area contributed by atoms with E-state index in [0.29, 0.717) is 19.6 Å². The summed E-state index contributed by atoms with van der Waals surface area (Å²) in [5.41, 5.74) is 3.36. The number of nitrogens with one attached hydrogen (secondary N) is 2. The number of carbonyl (C=O) groups excluding carboxylic acids is 1. The minimum absolute atomic E-state index is 0.0116. The van der Waals surface area contributed by atoms with Gasteiger partial charge in [0.2, 0.25) is 5.91 Å². The summed E-state index contributed by atoms with van der Waals surface area (Å²) < 4.78 is 5.30. The molecule has 0 bridgehead atoms. The first-order valence-electron chi connectivity index (χ1n) is 10.5. The van der Waals surface area contributed by atoms with Crippen LogP contribution in [0.25, 0.3) is 10.9 Å². The number of carbonyl (C=O) groups is 1. The number of β-amino-alcohol motifs (C(OH)–C–C–N with tert-alkyl or cyclic N) is 1. The zero-order valence-electron chi connectivity index (χ0n) is 17.3. The lowest BCUT2D eigenvalue weighted by Gasteiger charge is -2.29. The van der Waals surface area contributed by atoms with Gasteiger partial charge in [0.15, 0.2) is 0 Å². The van der Waals surface area contributed by atoms with Crippen LogP contribution in [0.2, 0.25) is 0 Å². The third kappa shape index (κ3) is 4.66. The lowest BCUT2D eigenvalue weighted by Crippen LogP contribution is -2.44. The van der Waals surface area contributed by atoms with Crippen LogP contribution in [0.4, 0.5) is 0 Å². The first-order valence-corrected chi connectivity index (χ1v) is 10.5. The Kier molecular flexibility index (Phi) is 6.35. The molecule has 6 heteroatoms. The standard InChI is InChI=1S/C24H29N3O3/c1-30-19-10-8-17(9-11-19)21(22-14-25-23-7-3-2-6-20(22)23)13-26-24(29)16-27-12-4-5-18(28)15-27/h2-3,6-11,14,18,21,25,28H,4-5,12-13,15-16H2,1H3,(H,26,29)/t18-,21+/m0/s1. The van der Waals surface area contributed by atoms with Crippen LogP contribution in [0.1, 0.15) is 29.9 Å². The number of benzene rings is 2. The molecular formula is C24H29N3O3. The summed E-state index contributed by atoms with van der Waals surface area (Å²) in [5, 5.41) is 14.1. The van der Waals surface area contributed by atoms with E-state index in [-0.39, 0.29) is 17.9 Å². The van der Waals surface area contributed by atoms with E-state index in [1.54, 1.807) is 7.11 Å². The van der Waals surface area contributed by atoms with Crippen molar-refractivity contribution >= 4 is 16.8 Å². The third-order valence-corrected chi connectivity index (χ3v) is 5.87. The van der Waals surface area contributed by atoms with E-state index in [2.05, 4.69) is 34.6 Å². The molecule has 158 valence electrons. The molecule has 30 heavy (non-hydrogen) atoms. The van der Waals surface area contributed by atoms with Crippen molar-refractivity contribution in [1.29, 1.82) is 0 Å². The predicted octanol–water partition coefficient (Wildman–Crippen LogP) is 2.88. The molecule has 1 aliphatic rings. The van der Waals surface area contributed by atoms with Gasteiger partial charge < -0.3 is 20.1 Å². The Morgan fingerprint density at radius 3 is 2.83 bits per heavy atom. The third-order valence-electron chi connectivity index (χ3n) is 5.87. The second kappa shape index (κ2) is 9.32. The molecular weight excluding hydrogens is 378 g/mol. The zero-order valence-corrected chi connectivity index (χ0v) is 17.3. The fourth-order valence-corrected chi connectivity index (χ4v) is 4.28. The number of para-hydroxylation sites is 1. The monoisotopic (exact) mass is 407 g/mol. The molecule has 3 N–H and O–H groups in total. The highest BCUT2D eigenvalue weighted by atomic mass is 16.5. The van der Waals surface area contributed by atoms with Gasteiger partial charge in [-0.3, -0.25) is 9.69 Å². The van der Waals surface area contributed by atoms with E-state index in [1.807, 2.05) is 35.4 Å². The first-order chi connectivity index (χ1) is 14.6. The summed E-state index contributed by atoms with van der Waals surface area (Å²) in [6.07, 6.45) is 3.45. The Labute approximate surface area is 176 Å². The molecule has 1 aromatic heterocycles. The molecule has 0 radical (unpaired) electrons. The molecule has 1 aliphatic heterocycles.